The maximum Gasteiger partial charge on any atom is 0.257 e. The van der Waals surface area contributed by atoms with Crippen LogP contribution in [0.25, 0.3) is 0 Å². The maximum absolute atomic E-state index is 13.7. The quantitative estimate of drug-likeness (QED) is 0.644. The molecule has 1 rings (SSSR count). The molecule has 0 bridgehead atoms. The number of benzene rings is 1. The van der Waals surface area contributed by atoms with Crippen molar-refractivity contribution in [2.45, 2.75) is 46.6 Å². The first kappa shape index (κ1) is 17.5. The van der Waals surface area contributed by atoms with Gasteiger partial charge in [0.2, 0.25) is 0 Å². The minimum Gasteiger partial charge on any atom is -0.349 e. The minimum absolute atomic E-state index is 0.355. The van der Waals surface area contributed by atoms with Crippen molar-refractivity contribution in [3.63, 3.8) is 0 Å². The highest BCUT2D eigenvalue weighted by Gasteiger charge is 2.28. The second-order valence-corrected chi connectivity index (χ2v) is 5.60. The Morgan fingerprint density at radius 2 is 1.43 bits per heavy atom. The van der Waals surface area contributed by atoms with Crippen molar-refractivity contribution in [3.05, 3.63) is 34.4 Å². The van der Waals surface area contributed by atoms with E-state index in [1.54, 1.807) is 6.92 Å². The number of carbonyl (C=O) groups excluding carboxylic acids is 1. The van der Waals surface area contributed by atoms with E-state index in [1.165, 1.54) is 0 Å². The van der Waals surface area contributed by atoms with Crippen LogP contribution in [-0.2, 0) is 0 Å². The minimum atomic E-state index is -1.67. The number of rotatable bonds is 5. The van der Waals surface area contributed by atoms with E-state index in [9.17, 15) is 22.4 Å². The van der Waals surface area contributed by atoms with Crippen molar-refractivity contribution in [2.24, 2.45) is 5.92 Å². The van der Waals surface area contributed by atoms with Crippen LogP contribution in [0.15, 0.2) is 0 Å². The van der Waals surface area contributed by atoms with Crippen LogP contribution in [-0.4, -0.2) is 11.9 Å². The molecule has 1 unspecified atom stereocenters. The van der Waals surface area contributed by atoms with Crippen LogP contribution in [0.3, 0.4) is 0 Å². The second kappa shape index (κ2) is 6.91. The second-order valence-electron chi connectivity index (χ2n) is 5.60. The van der Waals surface area contributed by atoms with Crippen LogP contribution < -0.4 is 5.32 Å². The molecule has 21 heavy (non-hydrogen) atoms. The molecule has 0 heterocycles. The lowest BCUT2D eigenvalue weighted by Crippen LogP contribution is -2.34. The summed E-state index contributed by atoms with van der Waals surface area (Å²) in [6.45, 7) is 6.57. The van der Waals surface area contributed by atoms with Gasteiger partial charge in [0.05, 0.1) is 0 Å². The van der Waals surface area contributed by atoms with Crippen LogP contribution in [0, 0.1) is 36.1 Å². The number of carbonyl (C=O) groups is 1. The predicted octanol–water partition coefficient (Wildman–Crippen LogP) is 4.11. The molecular formula is C15H19F4NO. The molecule has 0 saturated carbocycles. The molecule has 0 aliphatic rings. The fourth-order valence-electron chi connectivity index (χ4n) is 1.89. The normalized spacial score (nSPS) is 12.6. The smallest absolute Gasteiger partial charge is 0.257 e. The van der Waals surface area contributed by atoms with E-state index in [2.05, 4.69) is 5.32 Å². The predicted molar refractivity (Wildman–Crippen MR) is 72.0 cm³/mol. The Morgan fingerprint density at radius 1 is 0.952 bits per heavy atom. The Balaban J connectivity index is 2.98. The van der Waals surface area contributed by atoms with E-state index in [1.807, 2.05) is 13.8 Å². The van der Waals surface area contributed by atoms with Crippen molar-refractivity contribution in [1.29, 1.82) is 0 Å². The summed E-state index contributed by atoms with van der Waals surface area (Å²) in [5, 5.41) is 2.35. The highest BCUT2D eigenvalue weighted by Crippen LogP contribution is 2.23. The van der Waals surface area contributed by atoms with Gasteiger partial charge in [0.25, 0.3) is 5.91 Å². The zero-order chi connectivity index (χ0) is 16.3. The zero-order valence-corrected chi connectivity index (χ0v) is 12.5. The van der Waals surface area contributed by atoms with Crippen LogP contribution in [0.1, 0.15) is 49.5 Å². The summed E-state index contributed by atoms with van der Waals surface area (Å²) in [5.74, 6) is -7.17. The first-order chi connectivity index (χ1) is 9.66. The van der Waals surface area contributed by atoms with Crippen molar-refractivity contribution in [2.75, 3.05) is 0 Å². The highest BCUT2D eigenvalue weighted by molar-refractivity contribution is 5.95. The van der Waals surface area contributed by atoms with Gasteiger partial charge in [0.15, 0.2) is 23.3 Å². The number of amides is 1. The molecule has 0 saturated heterocycles. The zero-order valence-electron chi connectivity index (χ0n) is 12.5. The molecule has 0 aromatic heterocycles. The summed E-state index contributed by atoms with van der Waals surface area (Å²) in [6, 6.07) is -0.355. The Labute approximate surface area is 121 Å². The summed E-state index contributed by atoms with van der Waals surface area (Å²) in [7, 11) is 0. The van der Waals surface area contributed by atoms with Gasteiger partial charge in [0, 0.05) is 11.6 Å². The van der Waals surface area contributed by atoms with Crippen LogP contribution in [0.2, 0.25) is 0 Å². The largest absolute Gasteiger partial charge is 0.349 e. The van der Waals surface area contributed by atoms with Crippen molar-refractivity contribution in [1.82, 2.24) is 5.32 Å². The fourth-order valence-corrected chi connectivity index (χ4v) is 1.89. The molecule has 0 fully saturated rings. The van der Waals surface area contributed by atoms with Crippen molar-refractivity contribution in [3.8, 4) is 0 Å². The fraction of sp³-hybridized carbons (Fsp3) is 0.533. The molecule has 0 spiro atoms. The van der Waals surface area contributed by atoms with Gasteiger partial charge in [-0.1, -0.05) is 13.8 Å². The summed E-state index contributed by atoms with van der Waals surface area (Å²) in [4.78, 5) is 11.8. The first-order valence-electron chi connectivity index (χ1n) is 6.80. The van der Waals surface area contributed by atoms with E-state index in [4.69, 9.17) is 0 Å². The van der Waals surface area contributed by atoms with Gasteiger partial charge in [-0.05, 0) is 32.6 Å². The van der Waals surface area contributed by atoms with Gasteiger partial charge >= 0.3 is 0 Å². The van der Waals surface area contributed by atoms with Gasteiger partial charge in [-0.25, -0.2) is 17.6 Å². The lowest BCUT2D eigenvalue weighted by Gasteiger charge is -2.16. The third-order valence-electron chi connectivity index (χ3n) is 3.26. The van der Waals surface area contributed by atoms with E-state index in [-0.39, 0.29) is 6.04 Å². The average molecular weight is 305 g/mol. The molecule has 2 nitrogen and oxygen atoms in total. The Morgan fingerprint density at radius 3 is 1.86 bits per heavy atom. The molecule has 118 valence electrons. The summed E-state index contributed by atoms with van der Waals surface area (Å²) >= 11 is 0. The monoisotopic (exact) mass is 305 g/mol. The number of nitrogens with one attached hydrogen (secondary N) is 1. The van der Waals surface area contributed by atoms with Crippen molar-refractivity contribution >= 4 is 5.91 Å². The van der Waals surface area contributed by atoms with Crippen molar-refractivity contribution < 1.29 is 22.4 Å². The number of hydrogen-bond acceptors (Lipinski definition) is 1. The molecule has 6 heteroatoms. The molecule has 1 aromatic carbocycles. The third-order valence-corrected chi connectivity index (χ3v) is 3.26. The molecule has 1 atom stereocenters. The van der Waals surface area contributed by atoms with E-state index in [0.29, 0.717) is 12.3 Å². The average Bonchev–Trinajstić information content (AvgIpc) is 2.41. The van der Waals surface area contributed by atoms with E-state index >= 15 is 0 Å². The van der Waals surface area contributed by atoms with Gasteiger partial charge in [-0.2, -0.15) is 0 Å². The summed E-state index contributed by atoms with van der Waals surface area (Å²) < 4.78 is 54.2. The topological polar surface area (TPSA) is 29.1 Å². The SMILES string of the molecule is Cc1c(F)c(F)c(C(=O)NC(C)CCC(C)C)c(F)c1F. The van der Waals surface area contributed by atoms with Crippen LogP contribution in [0.5, 0.6) is 0 Å². The Kier molecular flexibility index (Phi) is 5.75. The van der Waals surface area contributed by atoms with Gasteiger partial charge in [0.1, 0.15) is 5.56 Å². The van der Waals surface area contributed by atoms with Gasteiger partial charge in [-0.3, -0.25) is 4.79 Å². The Hall–Kier alpha value is -1.59. The van der Waals surface area contributed by atoms with Gasteiger partial charge < -0.3 is 5.32 Å². The standard InChI is InChI=1S/C15H19F4NO/c1-7(2)5-6-8(3)20-15(21)10-13(18)11(16)9(4)12(17)14(10)19/h7-8H,5-6H2,1-4H3,(H,20,21). The first-order valence-corrected chi connectivity index (χ1v) is 6.80. The Bertz CT molecular complexity index is 514. The highest BCUT2D eigenvalue weighted by atomic mass is 19.2. The molecule has 0 aliphatic carbocycles. The third kappa shape index (κ3) is 3.95. The molecule has 0 aliphatic heterocycles. The number of hydrogen-bond donors (Lipinski definition) is 1. The molecular weight excluding hydrogens is 286 g/mol. The maximum atomic E-state index is 13.7. The lowest BCUT2D eigenvalue weighted by molar-refractivity contribution is 0.0926. The lowest BCUT2D eigenvalue weighted by atomic mass is 10.0. The summed E-state index contributed by atoms with van der Waals surface area (Å²) in [6.07, 6.45) is 1.41. The summed E-state index contributed by atoms with van der Waals surface area (Å²) in [5.41, 5.74) is -2.00. The molecule has 0 radical (unpaired) electrons. The molecule has 1 amide bonds. The van der Waals surface area contributed by atoms with Crippen LogP contribution in [0.4, 0.5) is 17.6 Å². The molecule has 1 N–H and O–H groups in total. The molecule has 1 aromatic rings. The van der Waals surface area contributed by atoms with E-state index < -0.39 is 40.3 Å². The van der Waals surface area contributed by atoms with Gasteiger partial charge in [-0.15, -0.1) is 0 Å². The number of halogens is 4. The van der Waals surface area contributed by atoms with E-state index in [0.717, 1.165) is 13.3 Å². The van der Waals surface area contributed by atoms with Crippen LogP contribution >= 0.6 is 0 Å².